The molecule has 2 aromatic carbocycles. The number of benzene rings is 2. The van der Waals surface area contributed by atoms with Crippen LogP contribution in [0.3, 0.4) is 0 Å². The first-order valence-electron chi connectivity index (χ1n) is 9.88. The predicted octanol–water partition coefficient (Wildman–Crippen LogP) is 3.28. The number of fused-ring (bicyclic) bond motifs is 1. The van der Waals surface area contributed by atoms with E-state index in [0.717, 1.165) is 16.8 Å². The van der Waals surface area contributed by atoms with E-state index in [-0.39, 0.29) is 11.9 Å². The number of rotatable bonds is 6. The number of amides is 1. The van der Waals surface area contributed by atoms with Crippen LogP contribution in [0.1, 0.15) is 41.1 Å². The third-order valence-corrected chi connectivity index (χ3v) is 6.50. The molecule has 3 aromatic rings. The summed E-state index contributed by atoms with van der Waals surface area (Å²) in [4.78, 5) is 20.6. The van der Waals surface area contributed by atoms with Gasteiger partial charge in [-0.1, -0.05) is 37.3 Å². The number of hydrogen-bond donors (Lipinski definition) is 2. The van der Waals surface area contributed by atoms with Crippen molar-refractivity contribution in [3.8, 4) is 11.3 Å². The summed E-state index contributed by atoms with van der Waals surface area (Å²) in [5.41, 5.74) is 3.96. The number of hydrogen-bond acceptors (Lipinski definition) is 4. The molecule has 0 aliphatic carbocycles. The lowest BCUT2D eigenvalue weighted by atomic mass is 10.1. The highest BCUT2D eigenvalue weighted by Crippen LogP contribution is 2.31. The van der Waals surface area contributed by atoms with Crippen LogP contribution in [0.4, 0.5) is 5.69 Å². The summed E-state index contributed by atoms with van der Waals surface area (Å²) in [5.74, 6) is 0.495. The van der Waals surface area contributed by atoms with Gasteiger partial charge in [0.2, 0.25) is 10.0 Å². The van der Waals surface area contributed by atoms with E-state index in [0.29, 0.717) is 36.5 Å². The molecule has 0 fully saturated rings. The number of imidazole rings is 1. The van der Waals surface area contributed by atoms with Gasteiger partial charge in [-0.15, -0.1) is 0 Å². The molecule has 1 unspecified atom stereocenters. The number of sulfonamides is 1. The lowest BCUT2D eigenvalue weighted by Crippen LogP contribution is -2.29. The SMILES string of the molecule is CCC(NC(=O)c1ccc2c(c1)CCN2S(C)(=O)=O)c1ncc(-c2ccccc2)[nH]1. The first-order valence-corrected chi connectivity index (χ1v) is 11.7. The van der Waals surface area contributed by atoms with E-state index in [4.69, 9.17) is 0 Å². The van der Waals surface area contributed by atoms with Gasteiger partial charge in [-0.05, 0) is 42.2 Å². The summed E-state index contributed by atoms with van der Waals surface area (Å²) < 4.78 is 25.2. The zero-order valence-electron chi connectivity index (χ0n) is 16.9. The summed E-state index contributed by atoms with van der Waals surface area (Å²) in [6, 6.07) is 14.8. The maximum absolute atomic E-state index is 12.9. The molecule has 30 heavy (non-hydrogen) atoms. The second-order valence-electron chi connectivity index (χ2n) is 7.41. The smallest absolute Gasteiger partial charge is 0.251 e. The molecule has 7 nitrogen and oxygen atoms in total. The minimum Gasteiger partial charge on any atom is -0.342 e. The number of carbonyl (C=O) groups excluding carboxylic acids is 1. The van der Waals surface area contributed by atoms with E-state index < -0.39 is 10.0 Å². The quantitative estimate of drug-likeness (QED) is 0.635. The average molecular weight is 425 g/mol. The highest BCUT2D eigenvalue weighted by Gasteiger charge is 2.27. The largest absolute Gasteiger partial charge is 0.342 e. The lowest BCUT2D eigenvalue weighted by Gasteiger charge is -2.17. The van der Waals surface area contributed by atoms with Crippen molar-refractivity contribution >= 4 is 21.6 Å². The molecule has 1 atom stereocenters. The monoisotopic (exact) mass is 424 g/mol. The van der Waals surface area contributed by atoms with Gasteiger partial charge in [-0.25, -0.2) is 13.4 Å². The summed E-state index contributed by atoms with van der Waals surface area (Å²) in [6.07, 6.45) is 4.25. The second kappa shape index (κ2) is 7.95. The summed E-state index contributed by atoms with van der Waals surface area (Å²) in [5, 5.41) is 3.03. The Morgan fingerprint density at radius 1 is 1.23 bits per heavy atom. The van der Waals surface area contributed by atoms with Crippen molar-refractivity contribution < 1.29 is 13.2 Å². The number of aromatic nitrogens is 2. The zero-order valence-corrected chi connectivity index (χ0v) is 17.7. The van der Waals surface area contributed by atoms with Gasteiger partial charge in [0.1, 0.15) is 5.82 Å². The van der Waals surface area contributed by atoms with Gasteiger partial charge in [-0.2, -0.15) is 0 Å². The molecule has 4 rings (SSSR count). The van der Waals surface area contributed by atoms with E-state index in [9.17, 15) is 13.2 Å². The van der Waals surface area contributed by atoms with E-state index in [1.165, 1.54) is 10.6 Å². The van der Waals surface area contributed by atoms with E-state index in [1.54, 1.807) is 24.4 Å². The first kappa shape index (κ1) is 20.2. The van der Waals surface area contributed by atoms with Crippen molar-refractivity contribution in [2.75, 3.05) is 17.1 Å². The highest BCUT2D eigenvalue weighted by molar-refractivity contribution is 7.92. The van der Waals surface area contributed by atoms with Crippen LogP contribution in [-0.4, -0.2) is 37.1 Å². The Kier molecular flexibility index (Phi) is 5.34. The van der Waals surface area contributed by atoms with Gasteiger partial charge < -0.3 is 10.3 Å². The number of anilines is 1. The van der Waals surface area contributed by atoms with E-state index in [1.807, 2.05) is 37.3 Å². The van der Waals surface area contributed by atoms with Crippen LogP contribution < -0.4 is 9.62 Å². The van der Waals surface area contributed by atoms with Gasteiger partial charge in [-0.3, -0.25) is 9.10 Å². The standard InChI is InChI=1S/C22H24N4O3S/c1-3-18(21-23-14-19(24-21)15-7-5-4-6-8-15)25-22(27)17-9-10-20-16(13-17)11-12-26(20)30(2,28)29/h4-10,13-14,18H,3,11-12H2,1-2H3,(H,23,24)(H,25,27). The molecule has 8 heteroatoms. The normalized spacial score (nSPS) is 14.4. The van der Waals surface area contributed by atoms with Gasteiger partial charge in [0.15, 0.2) is 0 Å². The summed E-state index contributed by atoms with van der Waals surface area (Å²) in [6.45, 7) is 2.40. The van der Waals surface area contributed by atoms with Crippen molar-refractivity contribution in [2.45, 2.75) is 25.8 Å². The Morgan fingerprint density at radius 3 is 2.70 bits per heavy atom. The Balaban J connectivity index is 1.51. The van der Waals surface area contributed by atoms with Crippen LogP contribution in [0.15, 0.2) is 54.7 Å². The molecule has 2 N–H and O–H groups in total. The molecule has 0 spiro atoms. The van der Waals surface area contributed by atoms with Gasteiger partial charge in [0.05, 0.1) is 29.9 Å². The van der Waals surface area contributed by atoms with Crippen molar-refractivity contribution in [3.05, 3.63) is 71.7 Å². The van der Waals surface area contributed by atoms with Crippen LogP contribution in [0.2, 0.25) is 0 Å². The second-order valence-corrected chi connectivity index (χ2v) is 9.32. The fraction of sp³-hybridized carbons (Fsp3) is 0.273. The Morgan fingerprint density at radius 2 is 2.00 bits per heavy atom. The molecule has 0 saturated carbocycles. The fourth-order valence-corrected chi connectivity index (χ4v) is 4.70. The van der Waals surface area contributed by atoms with Gasteiger partial charge in [0, 0.05) is 12.1 Å². The number of nitrogens with zero attached hydrogens (tertiary/aromatic N) is 2. The highest BCUT2D eigenvalue weighted by atomic mass is 32.2. The van der Waals surface area contributed by atoms with Crippen LogP contribution in [0.25, 0.3) is 11.3 Å². The van der Waals surface area contributed by atoms with Crippen molar-refractivity contribution in [3.63, 3.8) is 0 Å². The minimum atomic E-state index is -3.31. The maximum Gasteiger partial charge on any atom is 0.251 e. The molecule has 156 valence electrons. The van der Waals surface area contributed by atoms with E-state index >= 15 is 0 Å². The maximum atomic E-state index is 12.9. The topological polar surface area (TPSA) is 95.2 Å². The molecule has 1 aliphatic heterocycles. The predicted molar refractivity (Wildman–Crippen MR) is 117 cm³/mol. The summed E-state index contributed by atoms with van der Waals surface area (Å²) >= 11 is 0. The molecule has 1 aliphatic rings. The summed E-state index contributed by atoms with van der Waals surface area (Å²) in [7, 11) is -3.31. The molecular formula is C22H24N4O3S. The molecular weight excluding hydrogens is 400 g/mol. The van der Waals surface area contributed by atoms with Crippen molar-refractivity contribution in [1.82, 2.24) is 15.3 Å². The third kappa shape index (κ3) is 3.95. The van der Waals surface area contributed by atoms with E-state index in [2.05, 4.69) is 15.3 Å². The molecule has 0 saturated heterocycles. The van der Waals surface area contributed by atoms with Crippen molar-refractivity contribution in [1.29, 1.82) is 0 Å². The Labute approximate surface area is 176 Å². The Bertz CT molecular complexity index is 1170. The Hall–Kier alpha value is -3.13. The van der Waals surface area contributed by atoms with Gasteiger partial charge >= 0.3 is 0 Å². The molecule has 2 heterocycles. The van der Waals surface area contributed by atoms with Crippen LogP contribution in [-0.2, 0) is 16.4 Å². The van der Waals surface area contributed by atoms with Crippen LogP contribution in [0.5, 0.6) is 0 Å². The number of H-pyrrole nitrogens is 1. The minimum absolute atomic E-state index is 0.208. The number of carbonyl (C=O) groups is 1. The number of nitrogens with one attached hydrogen (secondary N) is 2. The zero-order chi connectivity index (χ0) is 21.3. The van der Waals surface area contributed by atoms with Gasteiger partial charge in [0.25, 0.3) is 5.91 Å². The third-order valence-electron chi connectivity index (χ3n) is 5.32. The average Bonchev–Trinajstić information content (AvgIpc) is 3.39. The molecule has 0 bridgehead atoms. The van der Waals surface area contributed by atoms with Crippen molar-refractivity contribution in [2.24, 2.45) is 0 Å². The molecule has 0 radical (unpaired) electrons. The first-order chi connectivity index (χ1) is 14.4. The fourth-order valence-electron chi connectivity index (χ4n) is 3.74. The van der Waals surface area contributed by atoms with Crippen LogP contribution in [0, 0.1) is 0 Å². The number of aromatic amines is 1. The molecule has 1 amide bonds. The lowest BCUT2D eigenvalue weighted by molar-refractivity contribution is 0.0934. The molecule has 1 aromatic heterocycles. The van der Waals surface area contributed by atoms with Crippen LogP contribution >= 0.6 is 0 Å².